The molecule has 0 radical (unpaired) electrons. The van der Waals surface area contributed by atoms with Crippen LogP contribution in [-0.2, 0) is 11.3 Å². The molecule has 2 heterocycles. The van der Waals surface area contributed by atoms with Crippen LogP contribution in [0, 0.1) is 5.92 Å². The predicted octanol–water partition coefficient (Wildman–Crippen LogP) is 1.72. The number of aliphatic carboxylic acids is 1. The Hall–Kier alpha value is -2.37. The molecule has 0 unspecified atom stereocenters. The van der Waals surface area contributed by atoms with Gasteiger partial charge >= 0.3 is 5.97 Å². The number of nitrogens with zero attached hydrogens (tertiary/aromatic N) is 3. The molecule has 0 spiro atoms. The quantitative estimate of drug-likeness (QED) is 0.934. The zero-order chi connectivity index (χ0) is 15.7. The molecule has 2 aromatic rings. The molecular formula is C16H19N3O3. The topological polar surface area (TPSA) is 75.4 Å². The van der Waals surface area contributed by atoms with Crippen LogP contribution in [-0.4, -0.2) is 33.7 Å². The number of aryl methyl sites for hydroxylation is 1. The minimum Gasteiger partial charge on any atom is -0.481 e. The van der Waals surface area contributed by atoms with Crippen LogP contribution in [0.15, 0.2) is 29.1 Å². The van der Waals surface area contributed by atoms with E-state index in [-0.39, 0.29) is 5.56 Å². The Morgan fingerprint density at radius 3 is 2.91 bits per heavy atom. The number of carboxylic acids is 1. The van der Waals surface area contributed by atoms with E-state index in [1.165, 1.54) is 0 Å². The molecule has 1 atom stereocenters. The summed E-state index contributed by atoms with van der Waals surface area (Å²) in [5, 5.41) is 9.21. The largest absolute Gasteiger partial charge is 0.481 e. The lowest BCUT2D eigenvalue weighted by Gasteiger charge is -2.31. The van der Waals surface area contributed by atoms with E-state index in [1.54, 1.807) is 4.57 Å². The van der Waals surface area contributed by atoms with Crippen molar-refractivity contribution in [1.82, 2.24) is 9.55 Å². The van der Waals surface area contributed by atoms with E-state index >= 15 is 0 Å². The molecule has 1 saturated heterocycles. The normalized spacial score (nSPS) is 18.6. The third-order valence-electron chi connectivity index (χ3n) is 4.22. The summed E-state index contributed by atoms with van der Waals surface area (Å²) in [6.45, 7) is 3.51. The van der Waals surface area contributed by atoms with Crippen molar-refractivity contribution in [2.24, 2.45) is 5.92 Å². The van der Waals surface area contributed by atoms with Crippen molar-refractivity contribution in [3.05, 3.63) is 34.6 Å². The zero-order valence-electron chi connectivity index (χ0n) is 12.5. The molecule has 1 fully saturated rings. The minimum absolute atomic E-state index is 0.146. The van der Waals surface area contributed by atoms with Gasteiger partial charge in [-0.3, -0.25) is 9.59 Å². The van der Waals surface area contributed by atoms with Crippen LogP contribution < -0.4 is 10.5 Å². The third kappa shape index (κ3) is 2.45. The van der Waals surface area contributed by atoms with Gasteiger partial charge in [0.05, 0.1) is 17.0 Å². The van der Waals surface area contributed by atoms with Crippen LogP contribution in [0.1, 0.15) is 19.8 Å². The highest BCUT2D eigenvalue weighted by Crippen LogP contribution is 2.21. The Bertz CT molecular complexity index is 769. The van der Waals surface area contributed by atoms with Crippen molar-refractivity contribution in [2.75, 3.05) is 18.0 Å². The van der Waals surface area contributed by atoms with Gasteiger partial charge in [-0.1, -0.05) is 12.1 Å². The van der Waals surface area contributed by atoms with E-state index in [1.807, 2.05) is 36.1 Å². The summed E-state index contributed by atoms with van der Waals surface area (Å²) >= 11 is 0. The lowest BCUT2D eigenvalue weighted by Crippen LogP contribution is -2.42. The molecule has 1 N–H and O–H groups in total. The van der Waals surface area contributed by atoms with Crippen molar-refractivity contribution in [3.8, 4) is 0 Å². The zero-order valence-corrected chi connectivity index (χ0v) is 12.5. The highest BCUT2D eigenvalue weighted by molar-refractivity contribution is 5.76. The number of fused-ring (bicyclic) bond motifs is 1. The predicted molar refractivity (Wildman–Crippen MR) is 84.2 cm³/mol. The van der Waals surface area contributed by atoms with Crippen LogP contribution in [0.5, 0.6) is 0 Å². The standard InChI is InChI=1S/C16H19N3O3/c1-2-19-13-8-4-3-7-12(13)17-14(15(19)20)18-9-5-6-11(10-18)16(21)22/h3-4,7-8,11H,2,5-6,9-10H2,1H3,(H,21,22)/t11-/m0/s1. The maximum absolute atomic E-state index is 12.7. The lowest BCUT2D eigenvalue weighted by atomic mass is 9.98. The van der Waals surface area contributed by atoms with E-state index in [2.05, 4.69) is 4.98 Å². The Morgan fingerprint density at radius 1 is 1.41 bits per heavy atom. The molecule has 116 valence electrons. The van der Waals surface area contributed by atoms with Crippen molar-refractivity contribution >= 4 is 22.8 Å². The average molecular weight is 301 g/mol. The molecule has 0 aliphatic carbocycles. The first-order chi connectivity index (χ1) is 10.6. The first-order valence-electron chi connectivity index (χ1n) is 7.59. The van der Waals surface area contributed by atoms with E-state index in [9.17, 15) is 14.7 Å². The summed E-state index contributed by atoms with van der Waals surface area (Å²) < 4.78 is 1.70. The number of anilines is 1. The number of hydrogen-bond acceptors (Lipinski definition) is 4. The maximum atomic E-state index is 12.7. The van der Waals surface area contributed by atoms with Crippen LogP contribution >= 0.6 is 0 Å². The second kappa shape index (κ2) is 5.79. The van der Waals surface area contributed by atoms with Gasteiger partial charge in [-0.2, -0.15) is 0 Å². The van der Waals surface area contributed by atoms with Gasteiger partial charge in [0.1, 0.15) is 0 Å². The molecular weight excluding hydrogens is 282 g/mol. The smallest absolute Gasteiger partial charge is 0.308 e. The van der Waals surface area contributed by atoms with E-state index < -0.39 is 11.9 Å². The second-order valence-corrected chi connectivity index (χ2v) is 5.60. The van der Waals surface area contributed by atoms with Crippen LogP contribution in [0.3, 0.4) is 0 Å². The number of hydrogen-bond donors (Lipinski definition) is 1. The molecule has 1 aromatic heterocycles. The van der Waals surface area contributed by atoms with Gasteiger partial charge in [0.25, 0.3) is 5.56 Å². The maximum Gasteiger partial charge on any atom is 0.308 e. The van der Waals surface area contributed by atoms with Crippen molar-refractivity contribution in [3.63, 3.8) is 0 Å². The minimum atomic E-state index is -0.804. The molecule has 0 amide bonds. The fourth-order valence-electron chi connectivity index (χ4n) is 3.07. The van der Waals surface area contributed by atoms with Crippen LogP contribution in [0.2, 0.25) is 0 Å². The number of carboxylic acid groups (broad SMARTS) is 1. The molecule has 6 nitrogen and oxygen atoms in total. The molecule has 0 bridgehead atoms. The van der Waals surface area contributed by atoms with Crippen molar-refractivity contribution in [1.29, 1.82) is 0 Å². The highest BCUT2D eigenvalue weighted by Gasteiger charge is 2.28. The fraction of sp³-hybridized carbons (Fsp3) is 0.438. The Labute approximate surface area is 128 Å². The highest BCUT2D eigenvalue weighted by atomic mass is 16.4. The summed E-state index contributed by atoms with van der Waals surface area (Å²) in [6.07, 6.45) is 1.42. The number of benzene rings is 1. The molecule has 1 aromatic carbocycles. The van der Waals surface area contributed by atoms with Crippen LogP contribution in [0.25, 0.3) is 11.0 Å². The summed E-state index contributed by atoms with van der Waals surface area (Å²) in [7, 11) is 0. The van der Waals surface area contributed by atoms with Gasteiger partial charge in [0, 0.05) is 19.6 Å². The second-order valence-electron chi connectivity index (χ2n) is 5.60. The molecule has 22 heavy (non-hydrogen) atoms. The summed E-state index contributed by atoms with van der Waals surface area (Å²) in [5.74, 6) is -0.871. The van der Waals surface area contributed by atoms with Gasteiger partial charge in [0.15, 0.2) is 5.82 Å². The molecule has 1 aliphatic rings. The van der Waals surface area contributed by atoms with Crippen molar-refractivity contribution < 1.29 is 9.90 Å². The Morgan fingerprint density at radius 2 is 2.18 bits per heavy atom. The van der Waals surface area contributed by atoms with Gasteiger partial charge in [-0.15, -0.1) is 0 Å². The van der Waals surface area contributed by atoms with Gasteiger partial charge < -0.3 is 14.6 Å². The Balaban J connectivity index is 2.09. The number of para-hydroxylation sites is 2. The van der Waals surface area contributed by atoms with Gasteiger partial charge in [-0.25, -0.2) is 4.98 Å². The van der Waals surface area contributed by atoms with Crippen molar-refractivity contribution in [2.45, 2.75) is 26.3 Å². The molecule has 0 saturated carbocycles. The average Bonchev–Trinajstić information content (AvgIpc) is 2.54. The molecule has 1 aliphatic heterocycles. The monoisotopic (exact) mass is 301 g/mol. The summed E-state index contributed by atoms with van der Waals surface area (Å²) in [4.78, 5) is 30.2. The fourth-order valence-corrected chi connectivity index (χ4v) is 3.07. The summed E-state index contributed by atoms with van der Waals surface area (Å²) in [5.41, 5.74) is 1.43. The third-order valence-corrected chi connectivity index (χ3v) is 4.22. The summed E-state index contributed by atoms with van der Waals surface area (Å²) in [6, 6.07) is 7.53. The molecule has 6 heteroatoms. The number of aromatic nitrogens is 2. The first kappa shape index (κ1) is 14.6. The number of rotatable bonds is 3. The SMILES string of the molecule is CCn1c(=O)c(N2CCC[C@H](C(=O)O)C2)nc2ccccc21. The van der Waals surface area contributed by atoms with Gasteiger partial charge in [0.2, 0.25) is 0 Å². The first-order valence-corrected chi connectivity index (χ1v) is 7.59. The van der Waals surface area contributed by atoms with Gasteiger partial charge in [-0.05, 0) is 31.9 Å². The lowest BCUT2D eigenvalue weighted by molar-refractivity contribution is -0.141. The van der Waals surface area contributed by atoms with E-state index in [0.29, 0.717) is 31.9 Å². The molecule has 3 rings (SSSR count). The number of piperidine rings is 1. The van der Waals surface area contributed by atoms with E-state index in [4.69, 9.17) is 0 Å². The number of carbonyl (C=O) groups is 1. The van der Waals surface area contributed by atoms with E-state index in [0.717, 1.165) is 17.5 Å². The van der Waals surface area contributed by atoms with Crippen LogP contribution in [0.4, 0.5) is 5.82 Å². The Kier molecular flexibility index (Phi) is 3.83.